The molecule has 2 saturated heterocycles. The summed E-state index contributed by atoms with van der Waals surface area (Å²) < 4.78 is 29.2. The maximum absolute atomic E-state index is 13.8. The van der Waals surface area contributed by atoms with Crippen LogP contribution in [0.3, 0.4) is 0 Å². The van der Waals surface area contributed by atoms with E-state index < -0.39 is 10.0 Å². The standard InChI is InChI=1S/C23H35N3O4S/c1-14(2)17-11-19(15(3)4)22(20(12-17)16(5)6)31(29,30)25-9-7-18(8-10-25)26-21(27)13-24-23(26)28/h11-12,14-16,18H,7-10,13H2,1-6H3,(H,24,28). The second kappa shape index (κ2) is 8.90. The van der Waals surface area contributed by atoms with Crippen molar-refractivity contribution in [2.24, 2.45) is 0 Å². The summed E-state index contributed by atoms with van der Waals surface area (Å²) in [6.45, 7) is 13.0. The molecule has 0 aliphatic carbocycles. The Kier molecular flexibility index (Phi) is 6.81. The van der Waals surface area contributed by atoms with E-state index in [-0.39, 0.29) is 36.4 Å². The molecule has 2 fully saturated rings. The summed E-state index contributed by atoms with van der Waals surface area (Å²) in [6.07, 6.45) is 0.910. The first kappa shape index (κ1) is 23.7. The Bertz CT molecular complexity index is 916. The average Bonchev–Trinajstić information content (AvgIpc) is 3.04. The number of benzene rings is 1. The third-order valence-corrected chi connectivity index (χ3v) is 8.38. The highest BCUT2D eigenvalue weighted by Gasteiger charge is 2.40. The summed E-state index contributed by atoms with van der Waals surface area (Å²) in [5.41, 5.74) is 2.89. The topological polar surface area (TPSA) is 86.8 Å². The molecule has 2 aliphatic rings. The van der Waals surface area contributed by atoms with Crippen LogP contribution in [0.4, 0.5) is 4.79 Å². The van der Waals surface area contributed by atoms with Gasteiger partial charge in [0.15, 0.2) is 0 Å². The van der Waals surface area contributed by atoms with E-state index in [1.165, 1.54) is 9.21 Å². The molecule has 0 radical (unpaired) electrons. The van der Waals surface area contributed by atoms with Crippen molar-refractivity contribution in [3.05, 3.63) is 28.8 Å². The number of rotatable bonds is 6. The number of carbonyl (C=O) groups is 2. The lowest BCUT2D eigenvalue weighted by molar-refractivity contribution is -0.127. The normalized spacial score (nSPS) is 19.2. The zero-order valence-corrected chi connectivity index (χ0v) is 20.3. The van der Waals surface area contributed by atoms with Crippen LogP contribution < -0.4 is 5.32 Å². The minimum Gasteiger partial charge on any atom is -0.329 e. The number of urea groups is 1. The van der Waals surface area contributed by atoms with Crippen molar-refractivity contribution in [1.82, 2.24) is 14.5 Å². The molecule has 0 bridgehead atoms. The van der Waals surface area contributed by atoms with E-state index in [4.69, 9.17) is 0 Å². The predicted octanol–water partition coefficient (Wildman–Crippen LogP) is 3.76. The lowest BCUT2D eigenvalue weighted by Gasteiger charge is -2.35. The maximum atomic E-state index is 13.8. The maximum Gasteiger partial charge on any atom is 0.324 e. The number of piperidine rings is 1. The number of hydrogen-bond donors (Lipinski definition) is 1. The first-order valence-electron chi connectivity index (χ1n) is 11.2. The monoisotopic (exact) mass is 449 g/mol. The minimum atomic E-state index is -3.70. The Morgan fingerprint density at radius 2 is 1.42 bits per heavy atom. The van der Waals surface area contributed by atoms with Crippen LogP contribution in [0.25, 0.3) is 0 Å². The molecule has 7 nitrogen and oxygen atoms in total. The first-order valence-corrected chi connectivity index (χ1v) is 12.7. The van der Waals surface area contributed by atoms with Crippen molar-refractivity contribution in [2.75, 3.05) is 19.6 Å². The number of carbonyl (C=O) groups excluding carboxylic acids is 2. The third-order valence-electron chi connectivity index (χ3n) is 6.34. The Morgan fingerprint density at radius 1 is 0.903 bits per heavy atom. The smallest absolute Gasteiger partial charge is 0.324 e. The lowest BCUT2D eigenvalue weighted by Crippen LogP contribution is -2.49. The fourth-order valence-corrected chi connectivity index (χ4v) is 6.60. The van der Waals surface area contributed by atoms with Crippen LogP contribution in [-0.4, -0.2) is 55.2 Å². The third kappa shape index (κ3) is 4.51. The van der Waals surface area contributed by atoms with Gasteiger partial charge in [0.2, 0.25) is 15.9 Å². The van der Waals surface area contributed by atoms with E-state index >= 15 is 0 Å². The van der Waals surface area contributed by atoms with Gasteiger partial charge in [-0.2, -0.15) is 4.31 Å². The largest absolute Gasteiger partial charge is 0.329 e. The van der Waals surface area contributed by atoms with Gasteiger partial charge in [0.1, 0.15) is 0 Å². The molecule has 0 saturated carbocycles. The Hall–Kier alpha value is -1.93. The Labute approximate surface area is 186 Å². The summed E-state index contributed by atoms with van der Waals surface area (Å²) in [7, 11) is -3.70. The molecule has 2 heterocycles. The van der Waals surface area contributed by atoms with Crippen LogP contribution in [-0.2, 0) is 14.8 Å². The number of nitrogens with zero attached hydrogens (tertiary/aromatic N) is 2. The zero-order chi connectivity index (χ0) is 23.1. The van der Waals surface area contributed by atoms with Gasteiger partial charge in [0, 0.05) is 19.1 Å². The molecule has 8 heteroatoms. The molecule has 3 rings (SSSR count). The van der Waals surface area contributed by atoms with Gasteiger partial charge >= 0.3 is 6.03 Å². The van der Waals surface area contributed by atoms with Gasteiger partial charge in [-0.25, -0.2) is 13.2 Å². The average molecular weight is 450 g/mol. The quantitative estimate of drug-likeness (QED) is 0.670. The van der Waals surface area contributed by atoms with Crippen LogP contribution >= 0.6 is 0 Å². The van der Waals surface area contributed by atoms with Gasteiger partial charge in [-0.15, -0.1) is 0 Å². The van der Waals surface area contributed by atoms with Gasteiger partial charge in [-0.1, -0.05) is 53.7 Å². The molecule has 1 N–H and O–H groups in total. The molecule has 0 atom stereocenters. The van der Waals surface area contributed by atoms with E-state index in [1.54, 1.807) is 0 Å². The molecule has 0 spiro atoms. The molecule has 31 heavy (non-hydrogen) atoms. The zero-order valence-electron chi connectivity index (χ0n) is 19.4. The number of nitrogens with one attached hydrogen (secondary N) is 1. The Morgan fingerprint density at radius 3 is 1.81 bits per heavy atom. The highest BCUT2D eigenvalue weighted by atomic mass is 32.2. The molecule has 2 aliphatic heterocycles. The molecule has 0 aromatic heterocycles. The summed E-state index contributed by atoms with van der Waals surface area (Å²) >= 11 is 0. The van der Waals surface area contributed by atoms with Crippen molar-refractivity contribution < 1.29 is 18.0 Å². The highest BCUT2D eigenvalue weighted by Crippen LogP contribution is 2.37. The van der Waals surface area contributed by atoms with Crippen molar-refractivity contribution >= 4 is 22.0 Å². The molecule has 0 unspecified atom stereocenters. The first-order chi connectivity index (χ1) is 14.4. The second-order valence-corrected chi connectivity index (χ2v) is 11.4. The van der Waals surface area contributed by atoms with Gasteiger partial charge < -0.3 is 5.32 Å². The van der Waals surface area contributed by atoms with Gasteiger partial charge in [0.05, 0.1) is 11.4 Å². The number of sulfonamides is 1. The molecule has 1 aromatic carbocycles. The number of hydrogen-bond acceptors (Lipinski definition) is 4. The van der Waals surface area contributed by atoms with E-state index in [0.717, 1.165) is 16.7 Å². The predicted molar refractivity (Wildman–Crippen MR) is 121 cm³/mol. The van der Waals surface area contributed by atoms with Crippen LogP contribution in [0.2, 0.25) is 0 Å². The van der Waals surface area contributed by atoms with E-state index in [1.807, 2.05) is 39.8 Å². The fraction of sp³-hybridized carbons (Fsp3) is 0.652. The SMILES string of the molecule is CC(C)c1cc(C(C)C)c(S(=O)(=O)N2CCC(N3C(=O)CNC3=O)CC2)c(C(C)C)c1. The highest BCUT2D eigenvalue weighted by molar-refractivity contribution is 7.89. The molecule has 3 amide bonds. The second-order valence-electron chi connectivity index (χ2n) is 9.55. The molecular formula is C23H35N3O4S. The molecular weight excluding hydrogens is 414 g/mol. The van der Waals surface area contributed by atoms with Crippen LogP contribution in [0.15, 0.2) is 17.0 Å². The van der Waals surface area contributed by atoms with Crippen molar-refractivity contribution in [1.29, 1.82) is 0 Å². The van der Waals surface area contributed by atoms with Gasteiger partial charge in [-0.3, -0.25) is 9.69 Å². The van der Waals surface area contributed by atoms with Gasteiger partial charge in [0.25, 0.3) is 0 Å². The van der Waals surface area contributed by atoms with Crippen LogP contribution in [0, 0.1) is 0 Å². The van der Waals surface area contributed by atoms with E-state index in [0.29, 0.717) is 36.7 Å². The van der Waals surface area contributed by atoms with Gasteiger partial charge in [-0.05, 0) is 47.3 Å². The van der Waals surface area contributed by atoms with Crippen molar-refractivity contribution in [3.63, 3.8) is 0 Å². The summed E-state index contributed by atoms with van der Waals surface area (Å²) in [5, 5.41) is 2.54. The lowest BCUT2D eigenvalue weighted by atomic mass is 9.89. The van der Waals surface area contributed by atoms with Crippen molar-refractivity contribution in [2.45, 2.75) is 83.1 Å². The van der Waals surface area contributed by atoms with E-state index in [9.17, 15) is 18.0 Å². The van der Waals surface area contributed by atoms with Crippen LogP contribution in [0.1, 0.15) is 88.8 Å². The number of amides is 3. The summed E-state index contributed by atoms with van der Waals surface area (Å²) in [5.74, 6) is 0.222. The summed E-state index contributed by atoms with van der Waals surface area (Å²) in [6, 6.07) is 3.47. The van der Waals surface area contributed by atoms with E-state index in [2.05, 4.69) is 19.2 Å². The van der Waals surface area contributed by atoms with Crippen LogP contribution in [0.5, 0.6) is 0 Å². The fourth-order valence-electron chi connectivity index (χ4n) is 4.46. The minimum absolute atomic E-state index is 0.0229. The van der Waals surface area contributed by atoms with Crippen molar-refractivity contribution in [3.8, 4) is 0 Å². The number of imide groups is 1. The molecule has 1 aromatic rings. The summed E-state index contributed by atoms with van der Waals surface area (Å²) in [4.78, 5) is 25.7. The molecule has 172 valence electrons. The Balaban J connectivity index is 1.95.